The molecule has 0 heterocycles. The molecule has 4 heteroatoms. The van der Waals surface area contributed by atoms with Crippen LogP contribution in [0, 0.1) is 10.8 Å². The summed E-state index contributed by atoms with van der Waals surface area (Å²) in [6.45, 7) is 22.3. The number of hydrogen-bond donors (Lipinski definition) is 0. The topological polar surface area (TPSA) is 46.1 Å². The molecule has 0 aliphatic carbocycles. The molecule has 0 aliphatic heterocycles. The van der Waals surface area contributed by atoms with Gasteiger partial charge in [0, 0.05) is 9.79 Å². The van der Waals surface area contributed by atoms with Crippen molar-refractivity contribution in [3.05, 3.63) is 47.5 Å². The SMILES string of the molecule is CC(C)(C)CC(C)(C)c1ccc([O-])c(Sc2cc(C(C)(C)CC(C)(C)C)ccc2[O-])c1.[Cu+2]. The van der Waals surface area contributed by atoms with Crippen LogP contribution < -0.4 is 10.2 Å². The third-order valence-corrected chi connectivity index (χ3v) is 6.69. The molecule has 0 aromatic heterocycles. The van der Waals surface area contributed by atoms with E-state index in [1.807, 2.05) is 24.3 Å². The zero-order valence-electron chi connectivity index (χ0n) is 21.4. The minimum absolute atomic E-state index is 0. The van der Waals surface area contributed by atoms with E-state index in [0.717, 1.165) is 24.0 Å². The van der Waals surface area contributed by atoms with Gasteiger partial charge in [-0.2, -0.15) is 0 Å². The van der Waals surface area contributed by atoms with Gasteiger partial charge in [-0.1, -0.05) is 117 Å². The molecule has 1 radical (unpaired) electrons. The zero-order valence-corrected chi connectivity index (χ0v) is 23.2. The first-order chi connectivity index (χ1) is 13.9. The van der Waals surface area contributed by atoms with E-state index in [0.29, 0.717) is 9.79 Å². The molecule has 181 valence electrons. The van der Waals surface area contributed by atoms with Crippen molar-refractivity contribution in [2.45, 2.75) is 103 Å². The second-order valence-electron chi connectivity index (χ2n) is 12.7. The third-order valence-electron chi connectivity index (χ3n) is 5.61. The molecule has 2 aromatic rings. The molecule has 0 amide bonds. The average molecular weight is 504 g/mol. The predicted molar refractivity (Wildman–Crippen MR) is 130 cm³/mol. The second kappa shape index (κ2) is 10.0. The number of rotatable bonds is 6. The van der Waals surface area contributed by atoms with E-state index in [2.05, 4.69) is 69.2 Å². The van der Waals surface area contributed by atoms with Crippen molar-refractivity contribution < 1.29 is 27.3 Å². The largest absolute Gasteiger partial charge is 2.00 e. The average Bonchev–Trinajstić information content (AvgIpc) is 2.54. The molecule has 0 atom stereocenters. The first kappa shape index (κ1) is 28.9. The first-order valence-electron chi connectivity index (χ1n) is 11.2. The van der Waals surface area contributed by atoms with Crippen molar-refractivity contribution in [2.75, 3.05) is 0 Å². The van der Waals surface area contributed by atoms with E-state index in [1.165, 1.54) is 11.8 Å². The van der Waals surface area contributed by atoms with Crippen LogP contribution in [-0.2, 0) is 27.9 Å². The Balaban J connectivity index is 0.00000512. The molecule has 0 fully saturated rings. The van der Waals surface area contributed by atoms with Crippen LogP contribution in [0.2, 0.25) is 0 Å². The van der Waals surface area contributed by atoms with Crippen LogP contribution in [0.4, 0.5) is 0 Å². The summed E-state index contributed by atoms with van der Waals surface area (Å²) in [7, 11) is 0. The summed E-state index contributed by atoms with van der Waals surface area (Å²) in [5, 5.41) is 25.3. The summed E-state index contributed by atoms with van der Waals surface area (Å²) < 4.78 is 0. The molecule has 2 aromatic carbocycles. The minimum Gasteiger partial charge on any atom is -0.872 e. The van der Waals surface area contributed by atoms with Gasteiger partial charge < -0.3 is 10.2 Å². The van der Waals surface area contributed by atoms with Gasteiger partial charge in [-0.25, -0.2) is 0 Å². The normalized spacial score (nSPS) is 13.1. The summed E-state index contributed by atoms with van der Waals surface area (Å²) in [6.07, 6.45) is 2.01. The van der Waals surface area contributed by atoms with E-state index in [-0.39, 0.29) is 50.2 Å². The maximum atomic E-state index is 12.6. The van der Waals surface area contributed by atoms with Crippen molar-refractivity contribution in [3.8, 4) is 11.5 Å². The van der Waals surface area contributed by atoms with Gasteiger partial charge in [-0.05, 0) is 57.8 Å². The fourth-order valence-electron chi connectivity index (χ4n) is 4.99. The van der Waals surface area contributed by atoms with Gasteiger partial charge in [0.2, 0.25) is 0 Å². The minimum atomic E-state index is -0.0574. The molecule has 0 spiro atoms. The summed E-state index contributed by atoms with van der Waals surface area (Å²) in [6, 6.07) is 11.2. The monoisotopic (exact) mass is 503 g/mol. The first-order valence-corrected chi connectivity index (χ1v) is 12.0. The Labute approximate surface area is 211 Å². The Kier molecular flexibility index (Phi) is 9.08. The van der Waals surface area contributed by atoms with E-state index < -0.39 is 0 Å². The van der Waals surface area contributed by atoms with Crippen LogP contribution in [0.25, 0.3) is 0 Å². The molecule has 0 N–H and O–H groups in total. The number of benzene rings is 2. The standard InChI is InChI=1S/C28H42O2S.Cu/c1-25(2,3)17-27(7,8)19-11-13-21(29)23(15-19)31-24-16-20(12-14-22(24)30)28(9,10)18-26(4,5)6;/h11-16,29-30H,17-18H2,1-10H3;/q;+2/p-2. The van der Waals surface area contributed by atoms with Crippen LogP contribution in [-0.4, -0.2) is 0 Å². The fourth-order valence-corrected chi connectivity index (χ4v) is 5.94. The van der Waals surface area contributed by atoms with Gasteiger partial charge in [-0.3, -0.25) is 0 Å². The summed E-state index contributed by atoms with van der Waals surface area (Å²) >= 11 is 1.31. The van der Waals surface area contributed by atoms with Crippen molar-refractivity contribution in [2.24, 2.45) is 10.8 Å². The van der Waals surface area contributed by atoms with Crippen molar-refractivity contribution in [1.29, 1.82) is 0 Å². The van der Waals surface area contributed by atoms with Gasteiger partial charge in [-0.15, -0.1) is 0 Å². The number of hydrogen-bond acceptors (Lipinski definition) is 3. The van der Waals surface area contributed by atoms with Crippen LogP contribution >= 0.6 is 11.8 Å². The Morgan fingerprint density at radius 2 is 0.906 bits per heavy atom. The van der Waals surface area contributed by atoms with Gasteiger partial charge >= 0.3 is 17.1 Å². The van der Waals surface area contributed by atoms with Gasteiger partial charge in [0.05, 0.1) is 0 Å². The Bertz CT molecular complexity index is 843. The molecular weight excluding hydrogens is 464 g/mol. The van der Waals surface area contributed by atoms with E-state index >= 15 is 0 Å². The summed E-state index contributed by atoms with van der Waals surface area (Å²) in [4.78, 5) is 1.25. The summed E-state index contributed by atoms with van der Waals surface area (Å²) in [5.74, 6) is -0.0573. The van der Waals surface area contributed by atoms with E-state index in [1.54, 1.807) is 12.1 Å². The van der Waals surface area contributed by atoms with Crippen molar-refractivity contribution >= 4 is 11.8 Å². The molecule has 0 unspecified atom stereocenters. The predicted octanol–water partition coefficient (Wildman–Crippen LogP) is 7.41. The van der Waals surface area contributed by atoms with Crippen molar-refractivity contribution in [3.63, 3.8) is 0 Å². The third kappa shape index (κ3) is 8.04. The van der Waals surface area contributed by atoms with Crippen LogP contribution in [0.1, 0.15) is 93.2 Å². The van der Waals surface area contributed by atoms with E-state index in [9.17, 15) is 10.2 Å². The molecule has 0 saturated carbocycles. The van der Waals surface area contributed by atoms with Gasteiger partial charge in [0.15, 0.2) is 0 Å². The van der Waals surface area contributed by atoms with Crippen LogP contribution in [0.3, 0.4) is 0 Å². The van der Waals surface area contributed by atoms with Crippen LogP contribution in [0.15, 0.2) is 46.2 Å². The molecule has 2 nitrogen and oxygen atoms in total. The fraction of sp³-hybridized carbons (Fsp3) is 0.571. The molecule has 0 bridgehead atoms. The Hall–Kier alpha value is -1.09. The second-order valence-corrected chi connectivity index (χ2v) is 13.8. The summed E-state index contributed by atoms with van der Waals surface area (Å²) in [5.41, 5.74) is 2.53. The van der Waals surface area contributed by atoms with Gasteiger partial charge in [0.1, 0.15) is 0 Å². The maximum absolute atomic E-state index is 12.6. The molecule has 2 rings (SSSR count). The molecule has 0 aliphatic rings. The Morgan fingerprint density at radius 1 is 0.594 bits per heavy atom. The quantitative estimate of drug-likeness (QED) is 0.385. The van der Waals surface area contributed by atoms with Crippen LogP contribution in [0.5, 0.6) is 11.5 Å². The van der Waals surface area contributed by atoms with Crippen molar-refractivity contribution in [1.82, 2.24) is 0 Å². The van der Waals surface area contributed by atoms with Gasteiger partial charge in [0.25, 0.3) is 0 Å². The smallest absolute Gasteiger partial charge is 0.872 e. The molecule has 32 heavy (non-hydrogen) atoms. The van der Waals surface area contributed by atoms with E-state index in [4.69, 9.17) is 0 Å². The zero-order chi connectivity index (χ0) is 23.8. The molecule has 0 saturated heterocycles. The maximum Gasteiger partial charge on any atom is 2.00 e. The Morgan fingerprint density at radius 3 is 1.19 bits per heavy atom. The molecular formula is C28H40CuO2S.